The lowest BCUT2D eigenvalue weighted by atomic mass is 10.1. The third-order valence-corrected chi connectivity index (χ3v) is 2.55. The molecule has 0 atom stereocenters. The zero-order valence-corrected chi connectivity index (χ0v) is 10.2. The number of hydrogen-bond acceptors (Lipinski definition) is 4. The van der Waals surface area contributed by atoms with Crippen LogP contribution in [-0.2, 0) is 14.3 Å². The normalized spacial score (nSPS) is 14.6. The second-order valence-corrected chi connectivity index (χ2v) is 3.82. The molecule has 2 rings (SSSR count). The highest BCUT2D eigenvalue weighted by Gasteiger charge is 2.22. The molecule has 0 bridgehead atoms. The van der Waals surface area contributed by atoms with Crippen LogP contribution in [0.4, 0.5) is 0 Å². The van der Waals surface area contributed by atoms with Crippen LogP contribution in [0.15, 0.2) is 53.9 Å². The molecule has 0 radical (unpaired) electrons. The molecule has 1 aliphatic rings. The number of carbonyl (C=O) groups is 3. The molecule has 0 aliphatic heterocycles. The highest BCUT2D eigenvalue weighted by atomic mass is 16.5. The molecule has 1 aromatic rings. The van der Waals surface area contributed by atoms with Gasteiger partial charge in [-0.1, -0.05) is 18.2 Å². The zero-order chi connectivity index (χ0) is 13.8. The maximum Gasteiger partial charge on any atom is 0.255 e. The Morgan fingerprint density at radius 2 is 1.74 bits per heavy atom. The molecular formula is C14H11NO4. The first-order valence-corrected chi connectivity index (χ1v) is 5.54. The summed E-state index contributed by atoms with van der Waals surface area (Å²) >= 11 is 0. The summed E-state index contributed by atoms with van der Waals surface area (Å²) in [5.74, 6) is -1.41. The number of methoxy groups -OCH3 is 1. The van der Waals surface area contributed by atoms with Crippen LogP contribution in [0.25, 0.3) is 0 Å². The monoisotopic (exact) mass is 257 g/mol. The first kappa shape index (κ1) is 12.8. The van der Waals surface area contributed by atoms with Crippen LogP contribution >= 0.6 is 0 Å². The number of rotatable bonds is 3. The molecule has 96 valence electrons. The SMILES string of the molecule is COC1=CC(=O)C(NC(=O)c2ccccc2)=CC1=O. The fourth-order valence-corrected chi connectivity index (χ4v) is 1.58. The van der Waals surface area contributed by atoms with E-state index < -0.39 is 17.5 Å². The van der Waals surface area contributed by atoms with Gasteiger partial charge in [0, 0.05) is 17.7 Å². The molecule has 0 fully saturated rings. The first-order valence-electron chi connectivity index (χ1n) is 5.54. The predicted molar refractivity (Wildman–Crippen MR) is 67.1 cm³/mol. The van der Waals surface area contributed by atoms with E-state index in [1.54, 1.807) is 30.3 Å². The Balaban J connectivity index is 2.15. The Morgan fingerprint density at radius 3 is 2.37 bits per heavy atom. The molecule has 1 N–H and O–H groups in total. The van der Waals surface area contributed by atoms with Crippen molar-refractivity contribution in [1.29, 1.82) is 0 Å². The van der Waals surface area contributed by atoms with E-state index in [-0.39, 0.29) is 11.5 Å². The maximum absolute atomic E-state index is 11.8. The lowest BCUT2D eigenvalue weighted by Gasteiger charge is -2.12. The molecule has 1 aliphatic carbocycles. The largest absolute Gasteiger partial charge is 0.493 e. The molecule has 0 saturated carbocycles. The maximum atomic E-state index is 11.8. The van der Waals surface area contributed by atoms with E-state index in [1.165, 1.54) is 7.11 Å². The van der Waals surface area contributed by atoms with Crippen LogP contribution < -0.4 is 5.32 Å². The summed E-state index contributed by atoms with van der Waals surface area (Å²) in [6, 6.07) is 8.42. The standard InChI is InChI=1S/C14H11NO4/c1-19-13-8-11(16)10(7-12(13)17)15-14(18)9-5-3-2-4-6-9/h2-8H,1H3,(H,15,18). The molecule has 0 heterocycles. The smallest absolute Gasteiger partial charge is 0.255 e. The molecule has 0 unspecified atom stereocenters. The van der Waals surface area contributed by atoms with E-state index >= 15 is 0 Å². The predicted octanol–water partition coefficient (Wildman–Crippen LogP) is 0.982. The number of benzene rings is 1. The number of allylic oxidation sites excluding steroid dienone is 2. The van der Waals surface area contributed by atoms with Gasteiger partial charge in [0.15, 0.2) is 5.76 Å². The number of carbonyl (C=O) groups excluding carboxylic acids is 3. The summed E-state index contributed by atoms with van der Waals surface area (Å²) in [5.41, 5.74) is 0.352. The zero-order valence-electron chi connectivity index (χ0n) is 10.2. The number of ketones is 2. The molecule has 1 aromatic carbocycles. The van der Waals surface area contributed by atoms with Crippen LogP contribution in [0.1, 0.15) is 10.4 Å². The fraction of sp³-hybridized carbons (Fsp3) is 0.0714. The second-order valence-electron chi connectivity index (χ2n) is 3.82. The van der Waals surface area contributed by atoms with Crippen molar-refractivity contribution in [3.05, 3.63) is 59.5 Å². The van der Waals surface area contributed by atoms with Gasteiger partial charge in [-0.25, -0.2) is 0 Å². The topological polar surface area (TPSA) is 72.5 Å². The second kappa shape index (κ2) is 5.30. The van der Waals surface area contributed by atoms with Crippen molar-refractivity contribution in [3.8, 4) is 0 Å². The molecule has 5 nitrogen and oxygen atoms in total. The minimum Gasteiger partial charge on any atom is -0.493 e. The highest BCUT2D eigenvalue weighted by Crippen LogP contribution is 2.11. The molecule has 5 heteroatoms. The van der Waals surface area contributed by atoms with E-state index in [2.05, 4.69) is 5.32 Å². The molecular weight excluding hydrogens is 246 g/mol. The Hall–Kier alpha value is -2.69. The van der Waals surface area contributed by atoms with Gasteiger partial charge in [0.2, 0.25) is 11.6 Å². The lowest BCUT2D eigenvalue weighted by molar-refractivity contribution is -0.117. The average Bonchev–Trinajstić information content (AvgIpc) is 2.43. The van der Waals surface area contributed by atoms with Gasteiger partial charge in [-0.2, -0.15) is 0 Å². The fourth-order valence-electron chi connectivity index (χ4n) is 1.58. The van der Waals surface area contributed by atoms with Crippen molar-refractivity contribution in [3.63, 3.8) is 0 Å². The van der Waals surface area contributed by atoms with E-state index in [4.69, 9.17) is 4.74 Å². The highest BCUT2D eigenvalue weighted by molar-refractivity contribution is 6.20. The molecule has 0 spiro atoms. The van der Waals surface area contributed by atoms with Crippen LogP contribution in [0.3, 0.4) is 0 Å². The Bertz CT molecular complexity index is 599. The minimum atomic E-state index is -0.472. The number of hydrogen-bond donors (Lipinski definition) is 1. The number of amides is 1. The van der Waals surface area contributed by atoms with E-state index in [0.29, 0.717) is 5.56 Å². The van der Waals surface area contributed by atoms with Gasteiger partial charge in [0.1, 0.15) is 0 Å². The van der Waals surface area contributed by atoms with Gasteiger partial charge in [-0.05, 0) is 12.1 Å². The van der Waals surface area contributed by atoms with Crippen LogP contribution in [-0.4, -0.2) is 24.6 Å². The summed E-state index contributed by atoms with van der Waals surface area (Å²) in [5, 5.41) is 2.41. The van der Waals surface area contributed by atoms with Crippen molar-refractivity contribution in [2.75, 3.05) is 7.11 Å². The van der Waals surface area contributed by atoms with E-state index in [1.807, 2.05) is 0 Å². The summed E-state index contributed by atoms with van der Waals surface area (Å²) in [6.07, 6.45) is 2.12. The third-order valence-electron chi connectivity index (χ3n) is 2.55. The number of ether oxygens (including phenoxy) is 1. The van der Waals surface area contributed by atoms with Gasteiger partial charge in [0.05, 0.1) is 12.8 Å². The summed E-state index contributed by atoms with van der Waals surface area (Å²) < 4.78 is 4.75. The van der Waals surface area contributed by atoms with Gasteiger partial charge in [0.25, 0.3) is 5.91 Å². The Morgan fingerprint density at radius 1 is 1.05 bits per heavy atom. The molecule has 19 heavy (non-hydrogen) atoms. The lowest BCUT2D eigenvalue weighted by Crippen LogP contribution is -2.30. The Kier molecular flexibility index (Phi) is 3.56. The summed E-state index contributed by atoms with van der Waals surface area (Å²) in [6.45, 7) is 0. The number of nitrogens with one attached hydrogen (secondary N) is 1. The summed E-state index contributed by atoms with van der Waals surface area (Å²) in [7, 11) is 1.30. The van der Waals surface area contributed by atoms with Crippen molar-refractivity contribution in [2.24, 2.45) is 0 Å². The third kappa shape index (κ3) is 2.77. The average molecular weight is 257 g/mol. The van der Waals surface area contributed by atoms with Crippen molar-refractivity contribution in [1.82, 2.24) is 5.32 Å². The minimum absolute atomic E-state index is 0.0392. The van der Waals surface area contributed by atoms with E-state index in [9.17, 15) is 14.4 Å². The van der Waals surface area contributed by atoms with Crippen molar-refractivity contribution >= 4 is 17.5 Å². The van der Waals surface area contributed by atoms with Crippen LogP contribution in [0, 0.1) is 0 Å². The Labute approximate surface area is 109 Å². The van der Waals surface area contributed by atoms with Gasteiger partial charge < -0.3 is 10.1 Å². The molecule has 0 aromatic heterocycles. The van der Waals surface area contributed by atoms with Crippen molar-refractivity contribution < 1.29 is 19.1 Å². The quantitative estimate of drug-likeness (QED) is 0.819. The van der Waals surface area contributed by atoms with Crippen molar-refractivity contribution in [2.45, 2.75) is 0 Å². The van der Waals surface area contributed by atoms with Crippen LogP contribution in [0.5, 0.6) is 0 Å². The van der Waals surface area contributed by atoms with Crippen LogP contribution in [0.2, 0.25) is 0 Å². The van der Waals surface area contributed by atoms with Gasteiger partial charge >= 0.3 is 0 Å². The molecule has 1 amide bonds. The molecule has 0 saturated heterocycles. The first-order chi connectivity index (χ1) is 9.11. The van der Waals surface area contributed by atoms with E-state index in [0.717, 1.165) is 12.2 Å². The van der Waals surface area contributed by atoms with Gasteiger partial charge in [-0.3, -0.25) is 14.4 Å². The summed E-state index contributed by atoms with van der Waals surface area (Å²) in [4.78, 5) is 35.1. The van der Waals surface area contributed by atoms with Gasteiger partial charge in [-0.15, -0.1) is 0 Å².